The van der Waals surface area contributed by atoms with Crippen LogP contribution in [0.15, 0.2) is 18.2 Å². The number of aromatic nitrogens is 2. The maximum Gasteiger partial charge on any atom is 0.416 e. The summed E-state index contributed by atoms with van der Waals surface area (Å²) in [5.41, 5.74) is -0.949. The number of aryl methyl sites for hydroxylation is 1. The number of aldehydes is 1. The molecular formula is C20H21F3N4O4. The molecule has 1 amide bonds. The number of likely N-dealkylation sites (N-methyl/N-ethyl adjacent to an activating group) is 1. The third-order valence-corrected chi connectivity index (χ3v) is 4.60. The maximum atomic E-state index is 13.2. The Balaban J connectivity index is 2.47. The van der Waals surface area contributed by atoms with Gasteiger partial charge in [0.15, 0.2) is 6.29 Å². The van der Waals surface area contributed by atoms with Crippen molar-refractivity contribution in [1.82, 2.24) is 14.9 Å². The molecule has 0 radical (unpaired) electrons. The number of carbonyl (C=O) groups excluding carboxylic acids is 2. The summed E-state index contributed by atoms with van der Waals surface area (Å²) in [6.07, 6.45) is -4.18. The first-order valence-corrected chi connectivity index (χ1v) is 9.11. The number of alkyl halides is 3. The van der Waals surface area contributed by atoms with Crippen molar-refractivity contribution in [2.45, 2.75) is 33.0 Å². The standard InChI is InChI=1S/C20H21F3N4O4/c1-10-13(6-5-7-15(10)20(21,22)23)11(2)24-18-14(9-28)17(25-12(3)26-18)19(31)27(4)8-16(29)30/h5-7,9,11H,8H2,1-4H3,(H,29,30)(H,24,25,26). The molecule has 0 bridgehead atoms. The van der Waals surface area contributed by atoms with E-state index in [4.69, 9.17) is 5.11 Å². The molecule has 1 unspecified atom stereocenters. The van der Waals surface area contributed by atoms with E-state index in [-0.39, 0.29) is 28.5 Å². The predicted octanol–water partition coefficient (Wildman–Crippen LogP) is 3.25. The topological polar surface area (TPSA) is 112 Å². The number of carboxylic acids is 1. The van der Waals surface area contributed by atoms with Crippen LogP contribution in [0.1, 0.15) is 56.3 Å². The molecule has 1 heterocycles. The second-order valence-corrected chi connectivity index (χ2v) is 6.94. The molecule has 0 saturated carbocycles. The maximum absolute atomic E-state index is 13.2. The molecule has 2 rings (SSSR count). The van der Waals surface area contributed by atoms with Gasteiger partial charge in [-0.05, 0) is 38.0 Å². The van der Waals surface area contributed by atoms with Gasteiger partial charge in [-0.1, -0.05) is 12.1 Å². The fourth-order valence-corrected chi connectivity index (χ4v) is 3.13. The van der Waals surface area contributed by atoms with Gasteiger partial charge in [0.25, 0.3) is 5.91 Å². The molecule has 31 heavy (non-hydrogen) atoms. The van der Waals surface area contributed by atoms with E-state index in [1.165, 1.54) is 33.0 Å². The summed E-state index contributed by atoms with van der Waals surface area (Å²) in [6, 6.07) is 3.08. The summed E-state index contributed by atoms with van der Waals surface area (Å²) in [5.74, 6) is -1.98. The molecule has 11 heteroatoms. The zero-order valence-electron chi connectivity index (χ0n) is 17.2. The van der Waals surface area contributed by atoms with Crippen molar-refractivity contribution in [3.8, 4) is 0 Å². The van der Waals surface area contributed by atoms with Crippen molar-refractivity contribution in [2.75, 3.05) is 18.9 Å². The Morgan fingerprint density at radius 2 is 1.90 bits per heavy atom. The number of rotatable bonds is 7. The SMILES string of the molecule is Cc1nc(NC(C)c2cccc(C(F)(F)F)c2C)c(C=O)c(C(=O)N(C)CC(=O)O)n1. The number of nitrogens with one attached hydrogen (secondary N) is 1. The zero-order valence-corrected chi connectivity index (χ0v) is 17.2. The van der Waals surface area contributed by atoms with Crippen LogP contribution >= 0.6 is 0 Å². The van der Waals surface area contributed by atoms with Gasteiger partial charge in [-0.25, -0.2) is 9.97 Å². The molecule has 0 aliphatic heterocycles. The van der Waals surface area contributed by atoms with Gasteiger partial charge in [-0.15, -0.1) is 0 Å². The minimum atomic E-state index is -4.52. The number of hydrogen-bond acceptors (Lipinski definition) is 6. The predicted molar refractivity (Wildman–Crippen MR) is 105 cm³/mol. The van der Waals surface area contributed by atoms with Gasteiger partial charge in [-0.3, -0.25) is 14.4 Å². The average Bonchev–Trinajstić information content (AvgIpc) is 2.65. The molecule has 2 aromatic rings. The van der Waals surface area contributed by atoms with E-state index in [1.807, 2.05) is 0 Å². The molecule has 0 saturated heterocycles. The number of aliphatic carboxylic acids is 1. The zero-order chi connectivity index (χ0) is 23.5. The van der Waals surface area contributed by atoms with Gasteiger partial charge >= 0.3 is 12.1 Å². The molecule has 2 N–H and O–H groups in total. The monoisotopic (exact) mass is 438 g/mol. The van der Waals surface area contributed by atoms with Gasteiger partial charge in [0, 0.05) is 7.05 Å². The fourth-order valence-electron chi connectivity index (χ4n) is 3.13. The molecule has 0 aliphatic rings. The van der Waals surface area contributed by atoms with Crippen LogP contribution in [0.4, 0.5) is 19.0 Å². The summed E-state index contributed by atoms with van der Waals surface area (Å²) >= 11 is 0. The molecule has 1 aromatic carbocycles. The summed E-state index contributed by atoms with van der Waals surface area (Å²) in [5, 5.41) is 11.8. The van der Waals surface area contributed by atoms with E-state index >= 15 is 0 Å². The molecule has 1 atom stereocenters. The van der Waals surface area contributed by atoms with Gasteiger partial charge in [-0.2, -0.15) is 13.2 Å². The molecule has 0 fully saturated rings. The summed E-state index contributed by atoms with van der Waals surface area (Å²) in [7, 11) is 1.24. The fraction of sp³-hybridized carbons (Fsp3) is 0.350. The number of anilines is 1. The van der Waals surface area contributed by atoms with Gasteiger partial charge in [0.1, 0.15) is 23.9 Å². The highest BCUT2D eigenvalue weighted by atomic mass is 19.4. The lowest BCUT2D eigenvalue weighted by Crippen LogP contribution is -2.33. The van der Waals surface area contributed by atoms with Crippen molar-refractivity contribution < 1.29 is 32.7 Å². The smallest absolute Gasteiger partial charge is 0.416 e. The van der Waals surface area contributed by atoms with Gasteiger partial charge in [0.05, 0.1) is 17.2 Å². The Morgan fingerprint density at radius 3 is 2.45 bits per heavy atom. The van der Waals surface area contributed by atoms with E-state index in [0.717, 1.165) is 11.0 Å². The van der Waals surface area contributed by atoms with Crippen molar-refractivity contribution in [1.29, 1.82) is 0 Å². The number of carboxylic acid groups (broad SMARTS) is 1. The largest absolute Gasteiger partial charge is 0.480 e. The molecule has 0 spiro atoms. The average molecular weight is 438 g/mol. The second-order valence-electron chi connectivity index (χ2n) is 6.94. The van der Waals surface area contributed by atoms with Crippen LogP contribution in [-0.2, 0) is 11.0 Å². The minimum Gasteiger partial charge on any atom is -0.480 e. The number of nitrogens with zero attached hydrogens (tertiary/aromatic N) is 3. The normalized spacial score (nSPS) is 12.2. The van der Waals surface area contributed by atoms with Crippen LogP contribution in [0.25, 0.3) is 0 Å². The Labute approximate surface area is 176 Å². The lowest BCUT2D eigenvalue weighted by atomic mass is 9.97. The molecule has 166 valence electrons. The first kappa shape index (κ1) is 23.8. The second kappa shape index (κ2) is 9.11. The number of halogens is 3. The summed E-state index contributed by atoms with van der Waals surface area (Å²) in [6.45, 7) is 3.79. The van der Waals surface area contributed by atoms with Gasteiger partial charge < -0.3 is 15.3 Å². The van der Waals surface area contributed by atoms with Crippen LogP contribution in [-0.4, -0.2) is 51.7 Å². The third kappa shape index (κ3) is 5.36. The Kier molecular flexibility index (Phi) is 6.98. The van der Waals surface area contributed by atoms with Crippen molar-refractivity contribution in [3.05, 3.63) is 52.0 Å². The summed E-state index contributed by atoms with van der Waals surface area (Å²) in [4.78, 5) is 44.1. The summed E-state index contributed by atoms with van der Waals surface area (Å²) < 4.78 is 39.7. The van der Waals surface area contributed by atoms with E-state index in [2.05, 4.69) is 15.3 Å². The molecular weight excluding hydrogens is 417 g/mol. The highest BCUT2D eigenvalue weighted by molar-refractivity contribution is 6.02. The first-order chi connectivity index (χ1) is 14.4. The number of amides is 1. The van der Waals surface area contributed by atoms with E-state index in [0.29, 0.717) is 11.8 Å². The van der Waals surface area contributed by atoms with Crippen LogP contribution in [0.2, 0.25) is 0 Å². The Bertz CT molecular complexity index is 1020. The van der Waals surface area contributed by atoms with Gasteiger partial charge in [0.2, 0.25) is 0 Å². The van der Waals surface area contributed by atoms with E-state index in [9.17, 15) is 27.6 Å². The molecule has 1 aromatic heterocycles. The van der Waals surface area contributed by atoms with E-state index < -0.39 is 36.2 Å². The number of carbonyl (C=O) groups is 3. The number of hydrogen-bond donors (Lipinski definition) is 2. The quantitative estimate of drug-likeness (QED) is 0.638. The minimum absolute atomic E-state index is 0.0194. The van der Waals surface area contributed by atoms with E-state index in [1.54, 1.807) is 6.92 Å². The highest BCUT2D eigenvalue weighted by Gasteiger charge is 2.33. The van der Waals surface area contributed by atoms with Crippen LogP contribution < -0.4 is 5.32 Å². The first-order valence-electron chi connectivity index (χ1n) is 9.11. The lowest BCUT2D eigenvalue weighted by Gasteiger charge is -2.22. The number of benzene rings is 1. The van der Waals surface area contributed by atoms with Crippen LogP contribution in [0.3, 0.4) is 0 Å². The van der Waals surface area contributed by atoms with Crippen molar-refractivity contribution >= 4 is 24.0 Å². The lowest BCUT2D eigenvalue weighted by molar-refractivity contribution is -0.138. The Morgan fingerprint density at radius 1 is 1.26 bits per heavy atom. The third-order valence-electron chi connectivity index (χ3n) is 4.60. The molecule has 0 aliphatic carbocycles. The van der Waals surface area contributed by atoms with Crippen LogP contribution in [0, 0.1) is 13.8 Å². The highest BCUT2D eigenvalue weighted by Crippen LogP contribution is 2.35. The Hall–Kier alpha value is -3.50. The van der Waals surface area contributed by atoms with Crippen LogP contribution in [0.5, 0.6) is 0 Å². The molecule has 8 nitrogen and oxygen atoms in total. The van der Waals surface area contributed by atoms with Crippen molar-refractivity contribution in [2.24, 2.45) is 0 Å². The van der Waals surface area contributed by atoms with Crippen molar-refractivity contribution in [3.63, 3.8) is 0 Å².